The van der Waals surface area contributed by atoms with Crippen LogP contribution in [0.15, 0.2) is 10.6 Å². The van der Waals surface area contributed by atoms with Crippen LogP contribution in [0.3, 0.4) is 0 Å². The number of aromatic nitrogens is 1. The maximum Gasteiger partial charge on any atom is 0.157 e. The zero-order valence-electron chi connectivity index (χ0n) is 14.5. The fraction of sp³-hybridized carbons (Fsp3) is 0.778. The Morgan fingerprint density at radius 2 is 2.04 bits per heavy atom. The first-order chi connectivity index (χ1) is 10.9. The maximum atomic E-state index is 12.6. The summed E-state index contributed by atoms with van der Waals surface area (Å²) in [5.74, 6) is 1.63. The Labute approximate surface area is 138 Å². The normalized spacial score (nSPS) is 23.7. The summed E-state index contributed by atoms with van der Waals surface area (Å²) < 4.78 is 10.8. The van der Waals surface area contributed by atoms with E-state index in [0.29, 0.717) is 18.1 Å². The third-order valence-electron chi connectivity index (χ3n) is 5.01. The number of hydrogen-bond donors (Lipinski definition) is 0. The van der Waals surface area contributed by atoms with Crippen LogP contribution in [0.1, 0.15) is 51.5 Å². The van der Waals surface area contributed by atoms with Crippen molar-refractivity contribution in [3.8, 4) is 0 Å². The van der Waals surface area contributed by atoms with Gasteiger partial charge in [0.15, 0.2) is 5.78 Å². The second kappa shape index (κ2) is 6.73. The van der Waals surface area contributed by atoms with E-state index in [9.17, 15) is 4.79 Å². The maximum absolute atomic E-state index is 12.6. The molecule has 2 aliphatic rings. The number of rotatable bonds is 5. The molecule has 0 unspecified atom stereocenters. The molecule has 2 fully saturated rings. The van der Waals surface area contributed by atoms with Gasteiger partial charge in [-0.1, -0.05) is 25.9 Å². The highest BCUT2D eigenvalue weighted by atomic mass is 16.5. The largest absolute Gasteiger partial charge is 0.381 e. The van der Waals surface area contributed by atoms with Crippen molar-refractivity contribution < 1.29 is 14.1 Å². The molecule has 2 saturated heterocycles. The van der Waals surface area contributed by atoms with Gasteiger partial charge in [0.2, 0.25) is 0 Å². The van der Waals surface area contributed by atoms with Crippen LogP contribution in [0.5, 0.6) is 0 Å². The zero-order chi connectivity index (χ0) is 16.4. The lowest BCUT2D eigenvalue weighted by Crippen LogP contribution is -2.54. The monoisotopic (exact) mass is 320 g/mol. The van der Waals surface area contributed by atoms with E-state index in [1.54, 1.807) is 0 Å². The van der Waals surface area contributed by atoms with Crippen LogP contribution in [0.2, 0.25) is 0 Å². The summed E-state index contributed by atoms with van der Waals surface area (Å²) in [6.07, 6.45) is 3.57. The van der Waals surface area contributed by atoms with E-state index in [2.05, 4.69) is 30.8 Å². The molecule has 0 aliphatic carbocycles. The molecular formula is C18H28N2O3. The van der Waals surface area contributed by atoms with Crippen molar-refractivity contribution in [2.75, 3.05) is 26.3 Å². The van der Waals surface area contributed by atoms with Crippen LogP contribution in [0.25, 0.3) is 0 Å². The predicted octanol–water partition coefficient (Wildman–Crippen LogP) is 2.58. The van der Waals surface area contributed by atoms with Gasteiger partial charge in [-0.2, -0.15) is 0 Å². The first-order valence-electron chi connectivity index (χ1n) is 8.74. The van der Waals surface area contributed by atoms with E-state index in [4.69, 9.17) is 9.26 Å². The number of Topliss-reactive ketones (excluding diaryl/α,β-unsaturated/α-hetero) is 1. The number of ketones is 1. The highest BCUT2D eigenvalue weighted by Crippen LogP contribution is 2.26. The van der Waals surface area contributed by atoms with Crippen molar-refractivity contribution in [1.29, 1.82) is 0 Å². The minimum atomic E-state index is -0.0453. The van der Waals surface area contributed by atoms with Crippen molar-refractivity contribution in [3.63, 3.8) is 0 Å². The van der Waals surface area contributed by atoms with Crippen molar-refractivity contribution in [2.24, 2.45) is 5.92 Å². The smallest absolute Gasteiger partial charge is 0.157 e. The first kappa shape index (κ1) is 16.7. The van der Waals surface area contributed by atoms with Gasteiger partial charge in [-0.25, -0.2) is 0 Å². The number of hydrogen-bond acceptors (Lipinski definition) is 5. The molecule has 0 saturated carbocycles. The van der Waals surface area contributed by atoms with Crippen LogP contribution in [0, 0.1) is 5.92 Å². The summed E-state index contributed by atoms with van der Waals surface area (Å²) >= 11 is 0. The Balaban J connectivity index is 1.52. The molecule has 1 aromatic heterocycles. The molecule has 0 spiro atoms. The Morgan fingerprint density at radius 1 is 1.30 bits per heavy atom. The quantitative estimate of drug-likeness (QED) is 0.834. The number of ether oxygens (including phenoxy) is 1. The Morgan fingerprint density at radius 3 is 2.61 bits per heavy atom. The van der Waals surface area contributed by atoms with E-state index in [1.807, 2.05) is 6.07 Å². The fourth-order valence-corrected chi connectivity index (χ4v) is 3.32. The lowest BCUT2D eigenvalue weighted by atomic mass is 9.90. The highest BCUT2D eigenvalue weighted by Gasteiger charge is 2.35. The minimum absolute atomic E-state index is 0.0453. The number of carbonyl (C=O) groups is 1. The lowest BCUT2D eigenvalue weighted by molar-refractivity contribution is -0.129. The van der Waals surface area contributed by atoms with Crippen LogP contribution in [-0.4, -0.2) is 48.2 Å². The van der Waals surface area contributed by atoms with Crippen LogP contribution < -0.4 is 0 Å². The van der Waals surface area contributed by atoms with Gasteiger partial charge in [0.05, 0.1) is 18.2 Å². The summed E-state index contributed by atoms with van der Waals surface area (Å²) in [5.41, 5.74) is 0.865. The standard InChI is InChI=1S/C18H28N2O3/c1-18(2,3)17-11-14(23-19-17)10-16(21)15-4-7-20(15)12-13-5-8-22-9-6-13/h11,13,15H,4-10,12H2,1-3H3/t15-/m0/s1. The topological polar surface area (TPSA) is 55.6 Å². The van der Waals surface area contributed by atoms with Gasteiger partial charge in [-0.15, -0.1) is 0 Å². The average molecular weight is 320 g/mol. The second-order valence-corrected chi connectivity index (χ2v) is 7.93. The molecule has 128 valence electrons. The third-order valence-corrected chi connectivity index (χ3v) is 5.01. The predicted molar refractivity (Wildman–Crippen MR) is 87.4 cm³/mol. The summed E-state index contributed by atoms with van der Waals surface area (Å²) in [6, 6.07) is 2.00. The van der Waals surface area contributed by atoms with Crippen LogP contribution in [0.4, 0.5) is 0 Å². The van der Waals surface area contributed by atoms with Gasteiger partial charge in [0, 0.05) is 37.8 Å². The zero-order valence-corrected chi connectivity index (χ0v) is 14.5. The molecule has 0 N–H and O–H groups in total. The van der Waals surface area contributed by atoms with E-state index in [-0.39, 0.29) is 17.2 Å². The number of carbonyl (C=O) groups excluding carboxylic acids is 1. The summed E-state index contributed by atoms with van der Waals surface area (Å²) in [5, 5.41) is 4.10. The molecule has 0 bridgehead atoms. The molecule has 0 aromatic carbocycles. The van der Waals surface area contributed by atoms with Gasteiger partial charge < -0.3 is 9.26 Å². The van der Waals surface area contributed by atoms with Gasteiger partial charge in [-0.3, -0.25) is 9.69 Å². The number of likely N-dealkylation sites (tertiary alicyclic amines) is 1. The molecule has 5 nitrogen and oxygen atoms in total. The van der Waals surface area contributed by atoms with E-state index >= 15 is 0 Å². The van der Waals surface area contributed by atoms with Crippen LogP contribution in [-0.2, 0) is 21.4 Å². The van der Waals surface area contributed by atoms with E-state index in [1.165, 1.54) is 0 Å². The minimum Gasteiger partial charge on any atom is -0.381 e. The van der Waals surface area contributed by atoms with Gasteiger partial charge >= 0.3 is 0 Å². The molecule has 23 heavy (non-hydrogen) atoms. The lowest BCUT2D eigenvalue weighted by Gasteiger charge is -2.42. The molecule has 3 rings (SSSR count). The van der Waals surface area contributed by atoms with Crippen molar-refractivity contribution in [3.05, 3.63) is 17.5 Å². The van der Waals surface area contributed by atoms with Crippen molar-refractivity contribution >= 4 is 5.78 Å². The molecule has 2 aliphatic heterocycles. The van der Waals surface area contributed by atoms with Crippen LogP contribution >= 0.6 is 0 Å². The summed E-state index contributed by atoms with van der Waals surface area (Å²) in [6.45, 7) is 10.1. The van der Waals surface area contributed by atoms with E-state index < -0.39 is 0 Å². The van der Waals surface area contributed by atoms with Gasteiger partial charge in [0.25, 0.3) is 0 Å². The molecule has 1 atom stereocenters. The fourth-order valence-electron chi connectivity index (χ4n) is 3.32. The Hall–Kier alpha value is -1.20. The number of nitrogens with zero attached hydrogens (tertiary/aromatic N) is 2. The Bertz CT molecular complexity index is 541. The second-order valence-electron chi connectivity index (χ2n) is 7.93. The molecule has 3 heterocycles. The average Bonchev–Trinajstić information content (AvgIpc) is 2.93. The third kappa shape index (κ3) is 4.01. The van der Waals surface area contributed by atoms with Crippen molar-refractivity contribution in [1.82, 2.24) is 10.1 Å². The molecular weight excluding hydrogens is 292 g/mol. The van der Waals surface area contributed by atoms with Gasteiger partial charge in [-0.05, 0) is 25.2 Å². The Kier molecular flexibility index (Phi) is 4.87. The SMILES string of the molecule is CC(C)(C)c1cc(CC(=O)[C@@H]2CCN2CC2CCOCC2)on1. The first-order valence-corrected chi connectivity index (χ1v) is 8.74. The van der Waals surface area contributed by atoms with E-state index in [0.717, 1.165) is 51.3 Å². The molecule has 1 aromatic rings. The highest BCUT2D eigenvalue weighted by molar-refractivity contribution is 5.86. The van der Waals surface area contributed by atoms with Gasteiger partial charge in [0.1, 0.15) is 5.76 Å². The molecule has 0 radical (unpaired) electrons. The molecule has 5 heteroatoms. The summed E-state index contributed by atoms with van der Waals surface area (Å²) in [4.78, 5) is 14.9. The van der Waals surface area contributed by atoms with Crippen molar-refractivity contribution in [2.45, 2.75) is 57.9 Å². The summed E-state index contributed by atoms with van der Waals surface area (Å²) in [7, 11) is 0. The molecule has 0 amide bonds.